The molecule has 3 heteroatoms. The molecule has 0 heterocycles. The summed E-state index contributed by atoms with van der Waals surface area (Å²) in [5.41, 5.74) is 6.75. The van der Waals surface area contributed by atoms with E-state index in [9.17, 15) is 4.79 Å². The molecule has 0 aliphatic carbocycles. The summed E-state index contributed by atoms with van der Waals surface area (Å²) in [6, 6.07) is 22.8. The highest BCUT2D eigenvalue weighted by atomic mass is 32.2. The molecule has 0 aliphatic heterocycles. The van der Waals surface area contributed by atoms with Gasteiger partial charge >= 0.3 is 0 Å². The Balaban J connectivity index is 1.59. The normalized spacial score (nSPS) is 10.6. The zero-order chi connectivity index (χ0) is 19.2. The van der Waals surface area contributed by atoms with Gasteiger partial charge in [0.1, 0.15) is 0 Å². The van der Waals surface area contributed by atoms with Gasteiger partial charge in [-0.25, -0.2) is 0 Å². The van der Waals surface area contributed by atoms with Crippen molar-refractivity contribution in [3.63, 3.8) is 0 Å². The maximum absolute atomic E-state index is 12.4. The summed E-state index contributed by atoms with van der Waals surface area (Å²) in [7, 11) is 0. The van der Waals surface area contributed by atoms with Crippen LogP contribution in [-0.4, -0.2) is 5.91 Å². The Morgan fingerprint density at radius 3 is 2.22 bits per heavy atom. The van der Waals surface area contributed by atoms with Crippen LogP contribution >= 0.6 is 11.8 Å². The highest BCUT2D eigenvalue weighted by Gasteiger charge is 2.08. The van der Waals surface area contributed by atoms with E-state index >= 15 is 0 Å². The summed E-state index contributed by atoms with van der Waals surface area (Å²) in [5, 5.41) is 3.05. The number of hydrogen-bond acceptors (Lipinski definition) is 2. The Kier molecular flexibility index (Phi) is 6.36. The summed E-state index contributed by atoms with van der Waals surface area (Å²) in [5.74, 6) is 0.939. The van der Waals surface area contributed by atoms with Gasteiger partial charge in [0.2, 0.25) is 5.91 Å². The van der Waals surface area contributed by atoms with Crippen LogP contribution < -0.4 is 5.32 Å². The average molecular weight is 376 g/mol. The third-order valence-electron chi connectivity index (χ3n) is 4.65. The number of nitrogens with one attached hydrogen (secondary N) is 1. The van der Waals surface area contributed by atoms with Crippen molar-refractivity contribution in [2.45, 2.75) is 37.8 Å². The highest BCUT2D eigenvalue weighted by Crippen LogP contribution is 2.25. The molecular weight excluding hydrogens is 350 g/mol. The van der Waals surface area contributed by atoms with Gasteiger partial charge in [-0.15, -0.1) is 11.8 Å². The second kappa shape index (κ2) is 8.92. The summed E-state index contributed by atoms with van der Waals surface area (Å²) in [6.07, 6.45) is 0.395. The average Bonchev–Trinajstić information content (AvgIpc) is 2.66. The fourth-order valence-electron chi connectivity index (χ4n) is 2.93. The molecule has 27 heavy (non-hydrogen) atoms. The van der Waals surface area contributed by atoms with Gasteiger partial charge in [0.05, 0.1) is 6.42 Å². The van der Waals surface area contributed by atoms with E-state index < -0.39 is 0 Å². The van der Waals surface area contributed by atoms with E-state index in [4.69, 9.17) is 0 Å². The number of aryl methyl sites for hydroxylation is 3. The van der Waals surface area contributed by atoms with Crippen LogP contribution in [0, 0.1) is 20.8 Å². The first-order chi connectivity index (χ1) is 13.0. The topological polar surface area (TPSA) is 29.1 Å². The molecular formula is C24H25NOS. The standard InChI is InChI=1S/C24H25NOS/c1-17-9-10-20(13-18(17)2)15-24(26)25-23-12-11-21(14-19(23)3)16-27-22-7-5-4-6-8-22/h4-14H,15-16H2,1-3H3,(H,25,26). The third-order valence-corrected chi connectivity index (χ3v) is 5.73. The third kappa shape index (κ3) is 5.48. The van der Waals surface area contributed by atoms with Crippen molar-refractivity contribution in [3.05, 3.63) is 94.5 Å². The molecule has 1 N–H and O–H groups in total. The predicted molar refractivity (Wildman–Crippen MR) is 115 cm³/mol. The Morgan fingerprint density at radius 2 is 1.52 bits per heavy atom. The largest absolute Gasteiger partial charge is 0.326 e. The van der Waals surface area contributed by atoms with Gasteiger partial charge in [0, 0.05) is 16.3 Å². The van der Waals surface area contributed by atoms with Gasteiger partial charge in [-0.1, -0.05) is 48.5 Å². The zero-order valence-electron chi connectivity index (χ0n) is 16.1. The van der Waals surface area contributed by atoms with Gasteiger partial charge in [-0.3, -0.25) is 4.79 Å². The van der Waals surface area contributed by atoms with Gasteiger partial charge in [-0.2, -0.15) is 0 Å². The second-order valence-electron chi connectivity index (χ2n) is 6.89. The molecule has 1 amide bonds. The molecule has 0 radical (unpaired) electrons. The van der Waals surface area contributed by atoms with Crippen LogP contribution in [0.25, 0.3) is 0 Å². The van der Waals surface area contributed by atoms with Crippen LogP contribution in [0.4, 0.5) is 5.69 Å². The van der Waals surface area contributed by atoms with E-state index in [0.717, 1.165) is 22.6 Å². The lowest BCUT2D eigenvalue weighted by Gasteiger charge is -2.11. The van der Waals surface area contributed by atoms with Gasteiger partial charge in [0.15, 0.2) is 0 Å². The van der Waals surface area contributed by atoms with Gasteiger partial charge in [-0.05, 0) is 66.8 Å². The molecule has 3 aromatic rings. The number of carbonyl (C=O) groups is 1. The molecule has 138 valence electrons. The van der Waals surface area contributed by atoms with Crippen LogP contribution in [0.15, 0.2) is 71.6 Å². The molecule has 0 saturated carbocycles. The molecule has 0 saturated heterocycles. The number of benzene rings is 3. The van der Waals surface area contributed by atoms with E-state index in [1.807, 2.05) is 36.9 Å². The zero-order valence-corrected chi connectivity index (χ0v) is 16.9. The lowest BCUT2D eigenvalue weighted by Crippen LogP contribution is -2.15. The first kappa shape index (κ1) is 19.2. The molecule has 0 fully saturated rings. The van der Waals surface area contributed by atoms with Crippen molar-refractivity contribution >= 4 is 23.4 Å². The van der Waals surface area contributed by atoms with E-state index in [1.165, 1.54) is 21.6 Å². The smallest absolute Gasteiger partial charge is 0.228 e. The fourth-order valence-corrected chi connectivity index (χ4v) is 3.79. The Labute approximate surface area is 166 Å². The number of anilines is 1. The fraction of sp³-hybridized carbons (Fsp3) is 0.208. The molecule has 0 spiro atoms. The summed E-state index contributed by atoms with van der Waals surface area (Å²) in [6.45, 7) is 6.20. The molecule has 0 bridgehead atoms. The van der Waals surface area contributed by atoms with Crippen molar-refractivity contribution in [1.82, 2.24) is 0 Å². The molecule has 3 aromatic carbocycles. The lowest BCUT2D eigenvalue weighted by atomic mass is 10.0. The van der Waals surface area contributed by atoms with Crippen molar-refractivity contribution in [3.8, 4) is 0 Å². The molecule has 0 aliphatic rings. The molecule has 3 rings (SSSR count). The van der Waals surface area contributed by atoms with E-state index in [2.05, 4.69) is 67.7 Å². The molecule has 0 aromatic heterocycles. The van der Waals surface area contributed by atoms with Crippen molar-refractivity contribution in [2.75, 3.05) is 5.32 Å². The number of thioether (sulfide) groups is 1. The highest BCUT2D eigenvalue weighted by molar-refractivity contribution is 7.98. The number of rotatable bonds is 6. The summed E-state index contributed by atoms with van der Waals surface area (Å²) < 4.78 is 0. The van der Waals surface area contributed by atoms with Crippen LogP contribution in [0.2, 0.25) is 0 Å². The minimum atomic E-state index is 0.0211. The van der Waals surface area contributed by atoms with Gasteiger partial charge < -0.3 is 5.32 Å². The first-order valence-corrected chi connectivity index (χ1v) is 10.1. The summed E-state index contributed by atoms with van der Waals surface area (Å²) in [4.78, 5) is 13.7. The predicted octanol–water partition coefficient (Wildman–Crippen LogP) is 6.09. The Morgan fingerprint density at radius 1 is 0.815 bits per heavy atom. The van der Waals surface area contributed by atoms with Crippen molar-refractivity contribution in [1.29, 1.82) is 0 Å². The molecule has 2 nitrogen and oxygen atoms in total. The minimum absolute atomic E-state index is 0.0211. The van der Waals surface area contributed by atoms with Crippen LogP contribution in [0.5, 0.6) is 0 Å². The van der Waals surface area contributed by atoms with Gasteiger partial charge in [0.25, 0.3) is 0 Å². The first-order valence-electron chi connectivity index (χ1n) is 9.14. The molecule has 0 atom stereocenters. The van der Waals surface area contributed by atoms with Crippen molar-refractivity contribution < 1.29 is 4.79 Å². The quantitative estimate of drug-likeness (QED) is 0.529. The summed E-state index contributed by atoms with van der Waals surface area (Å²) >= 11 is 1.82. The van der Waals surface area contributed by atoms with Crippen LogP contribution in [0.1, 0.15) is 27.8 Å². The number of hydrogen-bond donors (Lipinski definition) is 1. The lowest BCUT2D eigenvalue weighted by molar-refractivity contribution is -0.115. The maximum atomic E-state index is 12.4. The van der Waals surface area contributed by atoms with E-state index in [-0.39, 0.29) is 5.91 Å². The van der Waals surface area contributed by atoms with Crippen LogP contribution in [-0.2, 0) is 17.0 Å². The monoisotopic (exact) mass is 375 g/mol. The SMILES string of the molecule is Cc1ccc(CC(=O)Nc2ccc(CSc3ccccc3)cc2C)cc1C. The van der Waals surface area contributed by atoms with Crippen LogP contribution in [0.3, 0.4) is 0 Å². The Bertz CT molecular complexity index is 934. The minimum Gasteiger partial charge on any atom is -0.326 e. The maximum Gasteiger partial charge on any atom is 0.228 e. The van der Waals surface area contributed by atoms with E-state index in [0.29, 0.717) is 6.42 Å². The number of carbonyl (C=O) groups excluding carboxylic acids is 1. The molecule has 0 unspecified atom stereocenters. The van der Waals surface area contributed by atoms with Crippen molar-refractivity contribution in [2.24, 2.45) is 0 Å². The second-order valence-corrected chi connectivity index (χ2v) is 7.94. The number of amides is 1. The Hall–Kier alpha value is -2.52. The van der Waals surface area contributed by atoms with E-state index in [1.54, 1.807) is 0 Å².